The average molecular weight is 204 g/mol. The van der Waals surface area contributed by atoms with Crippen LogP contribution in [0.5, 0.6) is 0 Å². The highest BCUT2D eigenvalue weighted by atomic mass is 16.4. The van der Waals surface area contributed by atoms with E-state index in [1.54, 1.807) is 6.92 Å². The van der Waals surface area contributed by atoms with E-state index in [0.29, 0.717) is 17.2 Å². The van der Waals surface area contributed by atoms with Crippen LogP contribution >= 0.6 is 0 Å². The van der Waals surface area contributed by atoms with Gasteiger partial charge in [0.25, 0.3) is 0 Å². The lowest BCUT2D eigenvalue weighted by molar-refractivity contribution is -0.117. The molecule has 1 aromatic rings. The first-order valence-electron chi connectivity index (χ1n) is 4.94. The van der Waals surface area contributed by atoms with Crippen molar-refractivity contribution in [2.75, 3.05) is 5.32 Å². The summed E-state index contributed by atoms with van der Waals surface area (Å²) in [7, 11) is 0. The molecule has 4 heteroatoms. The van der Waals surface area contributed by atoms with Crippen LogP contribution in [-0.2, 0) is 4.79 Å². The smallest absolute Gasteiger partial charge is 0.229 e. The molecule has 78 valence electrons. The molecule has 1 aliphatic carbocycles. The van der Waals surface area contributed by atoms with Crippen LogP contribution in [0, 0.1) is 31.1 Å². The van der Waals surface area contributed by atoms with Crippen molar-refractivity contribution in [1.29, 1.82) is 5.26 Å². The summed E-state index contributed by atoms with van der Waals surface area (Å²) in [6.45, 7) is 3.59. The molecule has 0 radical (unpaired) electrons. The van der Waals surface area contributed by atoms with Gasteiger partial charge in [-0.15, -0.1) is 0 Å². The number of rotatable bonds is 2. The summed E-state index contributed by atoms with van der Waals surface area (Å²) in [6.07, 6.45) is 1.87. The molecule has 0 unspecified atom stereocenters. The predicted molar refractivity (Wildman–Crippen MR) is 54.3 cm³/mol. The summed E-state index contributed by atoms with van der Waals surface area (Å²) in [4.78, 5) is 11.5. The van der Waals surface area contributed by atoms with E-state index in [1.165, 1.54) is 0 Å². The van der Waals surface area contributed by atoms with E-state index in [2.05, 4.69) is 5.32 Å². The molecule has 2 rings (SSSR count). The number of amides is 1. The minimum absolute atomic E-state index is 0.0414. The lowest BCUT2D eigenvalue weighted by Crippen LogP contribution is -2.13. The molecule has 1 heterocycles. The molecule has 0 aliphatic heterocycles. The SMILES string of the molecule is Cc1oc(NC(=O)C2CC2)c(C#N)c1C. The van der Waals surface area contributed by atoms with Gasteiger partial charge in [-0.1, -0.05) is 0 Å². The maximum Gasteiger partial charge on any atom is 0.229 e. The Morgan fingerprint density at radius 3 is 2.73 bits per heavy atom. The molecule has 1 N–H and O–H groups in total. The second kappa shape index (κ2) is 3.43. The maximum absolute atomic E-state index is 11.5. The maximum atomic E-state index is 11.5. The van der Waals surface area contributed by atoms with Gasteiger partial charge in [0.1, 0.15) is 17.4 Å². The minimum atomic E-state index is -0.0414. The average Bonchev–Trinajstić information content (AvgIpc) is 2.97. The fourth-order valence-electron chi connectivity index (χ4n) is 1.41. The highest BCUT2D eigenvalue weighted by molar-refractivity contribution is 5.94. The number of aryl methyl sites for hydroxylation is 1. The largest absolute Gasteiger partial charge is 0.444 e. The van der Waals surface area contributed by atoms with Crippen molar-refractivity contribution in [3.8, 4) is 6.07 Å². The molecule has 15 heavy (non-hydrogen) atoms. The third-order valence-corrected chi connectivity index (χ3v) is 2.68. The van der Waals surface area contributed by atoms with Crippen LogP contribution in [-0.4, -0.2) is 5.91 Å². The summed E-state index contributed by atoms with van der Waals surface area (Å²) in [5, 5.41) is 11.6. The molecule has 1 saturated carbocycles. The Morgan fingerprint density at radius 1 is 1.53 bits per heavy atom. The van der Waals surface area contributed by atoms with Crippen molar-refractivity contribution < 1.29 is 9.21 Å². The molecule has 0 aromatic carbocycles. The van der Waals surface area contributed by atoms with Crippen LogP contribution in [0.4, 0.5) is 5.88 Å². The topological polar surface area (TPSA) is 66.0 Å². The minimum Gasteiger partial charge on any atom is -0.444 e. The van der Waals surface area contributed by atoms with Crippen LogP contribution in [0.1, 0.15) is 29.7 Å². The molecule has 1 aliphatic rings. The van der Waals surface area contributed by atoms with Crippen molar-refractivity contribution in [3.63, 3.8) is 0 Å². The zero-order valence-electron chi connectivity index (χ0n) is 8.76. The number of nitrogens with zero attached hydrogens (tertiary/aromatic N) is 1. The number of furan rings is 1. The first kappa shape index (κ1) is 9.78. The van der Waals surface area contributed by atoms with E-state index in [0.717, 1.165) is 18.4 Å². The van der Waals surface area contributed by atoms with E-state index in [4.69, 9.17) is 9.68 Å². The zero-order chi connectivity index (χ0) is 11.0. The van der Waals surface area contributed by atoms with Gasteiger partial charge in [0.05, 0.1) is 0 Å². The quantitative estimate of drug-likeness (QED) is 0.802. The highest BCUT2D eigenvalue weighted by Gasteiger charge is 2.31. The second-order valence-electron chi connectivity index (χ2n) is 3.86. The molecular weight excluding hydrogens is 192 g/mol. The molecule has 1 aromatic heterocycles. The van der Waals surface area contributed by atoms with E-state index in [-0.39, 0.29) is 11.8 Å². The van der Waals surface area contributed by atoms with Gasteiger partial charge < -0.3 is 4.42 Å². The van der Waals surface area contributed by atoms with Crippen LogP contribution in [0.25, 0.3) is 0 Å². The van der Waals surface area contributed by atoms with Gasteiger partial charge >= 0.3 is 0 Å². The Balaban J connectivity index is 2.24. The number of nitriles is 1. The Hall–Kier alpha value is -1.76. The van der Waals surface area contributed by atoms with Gasteiger partial charge in [-0.25, -0.2) is 0 Å². The monoisotopic (exact) mass is 204 g/mol. The second-order valence-corrected chi connectivity index (χ2v) is 3.86. The number of anilines is 1. The van der Waals surface area contributed by atoms with Crippen LogP contribution in [0.2, 0.25) is 0 Å². The molecule has 0 saturated heterocycles. The van der Waals surface area contributed by atoms with Crippen molar-refractivity contribution in [2.24, 2.45) is 5.92 Å². The summed E-state index contributed by atoms with van der Waals surface area (Å²) in [6, 6.07) is 2.04. The van der Waals surface area contributed by atoms with Crippen LogP contribution in [0.15, 0.2) is 4.42 Å². The number of nitrogens with one attached hydrogen (secondary N) is 1. The van der Waals surface area contributed by atoms with Crippen LogP contribution in [0.3, 0.4) is 0 Å². The van der Waals surface area contributed by atoms with Crippen molar-refractivity contribution in [2.45, 2.75) is 26.7 Å². The summed E-state index contributed by atoms with van der Waals surface area (Å²) in [5.41, 5.74) is 1.23. The standard InChI is InChI=1S/C11H12N2O2/c1-6-7(2)15-11(9(6)5-12)13-10(14)8-3-4-8/h8H,3-4H2,1-2H3,(H,13,14). The summed E-state index contributed by atoms with van der Waals surface area (Å²) >= 11 is 0. The summed E-state index contributed by atoms with van der Waals surface area (Å²) in [5.74, 6) is 1.05. The molecule has 4 nitrogen and oxygen atoms in total. The van der Waals surface area contributed by atoms with Gasteiger partial charge in [0.15, 0.2) is 0 Å². The molecule has 1 fully saturated rings. The Bertz CT molecular complexity index is 450. The Labute approximate surface area is 87.9 Å². The van der Waals surface area contributed by atoms with Gasteiger partial charge in [0.2, 0.25) is 11.8 Å². The number of carbonyl (C=O) groups is 1. The molecular formula is C11H12N2O2. The third kappa shape index (κ3) is 1.73. The van der Waals surface area contributed by atoms with E-state index in [1.807, 2.05) is 13.0 Å². The summed E-state index contributed by atoms with van der Waals surface area (Å²) < 4.78 is 5.33. The fourth-order valence-corrected chi connectivity index (χ4v) is 1.41. The highest BCUT2D eigenvalue weighted by Crippen LogP contribution is 2.32. The van der Waals surface area contributed by atoms with Gasteiger partial charge in [0, 0.05) is 11.5 Å². The van der Waals surface area contributed by atoms with Gasteiger partial charge in [-0.3, -0.25) is 10.1 Å². The predicted octanol–water partition coefficient (Wildman–Crippen LogP) is 2.12. The lowest BCUT2D eigenvalue weighted by Gasteiger charge is -1.99. The molecule has 0 bridgehead atoms. The molecule has 0 atom stereocenters. The first-order chi connectivity index (χ1) is 7.13. The van der Waals surface area contributed by atoms with Crippen molar-refractivity contribution in [3.05, 3.63) is 16.9 Å². The van der Waals surface area contributed by atoms with Crippen molar-refractivity contribution in [1.82, 2.24) is 0 Å². The van der Waals surface area contributed by atoms with E-state index in [9.17, 15) is 4.79 Å². The van der Waals surface area contributed by atoms with Gasteiger partial charge in [-0.05, 0) is 26.7 Å². The van der Waals surface area contributed by atoms with Gasteiger partial charge in [-0.2, -0.15) is 5.26 Å². The van der Waals surface area contributed by atoms with Crippen molar-refractivity contribution >= 4 is 11.8 Å². The van der Waals surface area contributed by atoms with Crippen LogP contribution < -0.4 is 5.32 Å². The first-order valence-corrected chi connectivity index (χ1v) is 4.94. The number of hydrogen-bond acceptors (Lipinski definition) is 3. The Kier molecular flexibility index (Phi) is 2.24. The van der Waals surface area contributed by atoms with E-state index < -0.39 is 0 Å². The Morgan fingerprint density at radius 2 is 2.20 bits per heavy atom. The molecule has 0 spiro atoms. The fraction of sp³-hybridized carbons (Fsp3) is 0.455. The third-order valence-electron chi connectivity index (χ3n) is 2.68. The molecule has 1 amide bonds. The van der Waals surface area contributed by atoms with E-state index >= 15 is 0 Å². The number of carbonyl (C=O) groups excluding carboxylic acids is 1. The lowest BCUT2D eigenvalue weighted by atomic mass is 10.2. The normalized spacial score (nSPS) is 14.7. The zero-order valence-corrected chi connectivity index (χ0v) is 8.76. The number of hydrogen-bond donors (Lipinski definition) is 1.